The predicted molar refractivity (Wildman–Crippen MR) is 232 cm³/mol. The average molecular weight is 780 g/mol. The van der Waals surface area contributed by atoms with Crippen LogP contribution >= 0.6 is 0 Å². The lowest BCUT2D eigenvalue weighted by Crippen LogP contribution is -2.73. The molecule has 5 aliphatic carbocycles. The van der Waals surface area contributed by atoms with Gasteiger partial charge >= 0.3 is 5.97 Å². The summed E-state index contributed by atoms with van der Waals surface area (Å²) < 4.78 is 24.5. The Labute approximate surface area is 338 Å². The van der Waals surface area contributed by atoms with Gasteiger partial charge in [-0.3, -0.25) is 0 Å². The highest BCUT2D eigenvalue weighted by Gasteiger charge is 2.77. The van der Waals surface area contributed by atoms with Gasteiger partial charge in [0, 0.05) is 21.8 Å². The molecule has 1 aromatic carbocycles. The summed E-state index contributed by atoms with van der Waals surface area (Å²) in [5.41, 5.74) is 4.59. The molecule has 0 bridgehead atoms. The fraction of sp³-hybridized carbons (Fsp3) is 0.620. The molecule has 1 aliphatic heterocycles. The third-order valence-electron chi connectivity index (χ3n) is 18.2. The van der Waals surface area contributed by atoms with Gasteiger partial charge in [0.25, 0.3) is 0 Å². The minimum absolute atomic E-state index is 0.0257. The number of fused-ring (bicyclic) bond motifs is 7. The Hall–Kier alpha value is -2.96. The van der Waals surface area contributed by atoms with Crippen LogP contribution in [0, 0.1) is 50.2 Å². The number of carbonyl (C=O) groups is 1. The molecule has 4 saturated carbocycles. The van der Waals surface area contributed by atoms with E-state index in [1.165, 1.54) is 23.1 Å². The highest BCUT2D eigenvalue weighted by molar-refractivity contribution is 7.91. The molecule has 1 heterocycles. The molecule has 0 amide bonds. The fourth-order valence-corrected chi connectivity index (χ4v) is 16.9. The van der Waals surface area contributed by atoms with Gasteiger partial charge in [-0.05, 0) is 154 Å². The van der Waals surface area contributed by atoms with Crippen LogP contribution in [0.15, 0.2) is 92.1 Å². The molecule has 0 aromatic heterocycles. The van der Waals surface area contributed by atoms with Gasteiger partial charge in [-0.15, -0.1) is 19.7 Å². The summed E-state index contributed by atoms with van der Waals surface area (Å²) in [6.45, 7) is 32.0. The van der Waals surface area contributed by atoms with Gasteiger partial charge in [0.1, 0.15) is 0 Å². The van der Waals surface area contributed by atoms with E-state index >= 15 is 0 Å². The third-order valence-corrected chi connectivity index (χ3v) is 20.0. The first-order valence-corrected chi connectivity index (χ1v) is 23.5. The van der Waals surface area contributed by atoms with Gasteiger partial charge in [0.05, 0.1) is 17.1 Å². The smallest absolute Gasteiger partial charge is 0.335 e. The van der Waals surface area contributed by atoms with Crippen molar-refractivity contribution in [3.05, 3.63) is 103 Å². The van der Waals surface area contributed by atoms with Crippen molar-refractivity contribution < 1.29 is 18.3 Å². The number of carboxylic acid groups (broad SMARTS) is 1. The molecular weight excluding hydrogens is 711 g/mol. The van der Waals surface area contributed by atoms with Crippen molar-refractivity contribution in [1.82, 2.24) is 5.32 Å². The number of hydrogen-bond donors (Lipinski definition) is 2. The van der Waals surface area contributed by atoms with Crippen molar-refractivity contribution in [2.75, 3.05) is 18.1 Å². The lowest BCUT2D eigenvalue weighted by Gasteiger charge is -2.77. The van der Waals surface area contributed by atoms with Crippen molar-refractivity contribution in [3.63, 3.8) is 0 Å². The molecule has 5 nitrogen and oxygen atoms in total. The monoisotopic (exact) mass is 779 g/mol. The van der Waals surface area contributed by atoms with Crippen molar-refractivity contribution in [2.24, 2.45) is 50.2 Å². The lowest BCUT2D eigenvalue weighted by molar-refractivity contribution is -0.246. The first-order valence-electron chi connectivity index (χ1n) is 21.6. The molecule has 0 radical (unpaired) electrons. The van der Waals surface area contributed by atoms with E-state index in [-0.39, 0.29) is 43.8 Å². The first kappa shape index (κ1) is 41.2. The topological polar surface area (TPSA) is 83.5 Å². The van der Waals surface area contributed by atoms with Crippen LogP contribution in [-0.4, -0.2) is 43.1 Å². The molecule has 2 N–H and O–H groups in total. The van der Waals surface area contributed by atoms with Gasteiger partial charge < -0.3 is 10.4 Å². The largest absolute Gasteiger partial charge is 0.478 e. The second-order valence-corrected chi connectivity index (χ2v) is 22.3. The first-order chi connectivity index (χ1) is 26.4. The zero-order chi connectivity index (χ0) is 40.6. The molecule has 3 unspecified atom stereocenters. The van der Waals surface area contributed by atoms with Crippen LogP contribution in [0.1, 0.15) is 134 Å². The highest BCUT2D eigenvalue weighted by atomic mass is 32.2. The fourth-order valence-electron chi connectivity index (χ4n) is 15.6. The third kappa shape index (κ3) is 5.46. The van der Waals surface area contributed by atoms with Crippen LogP contribution in [0.5, 0.6) is 0 Å². The van der Waals surface area contributed by atoms with E-state index < -0.39 is 15.8 Å². The van der Waals surface area contributed by atoms with E-state index in [0.29, 0.717) is 35.5 Å². The maximum absolute atomic E-state index is 12.2. The molecule has 6 heteroatoms. The summed E-state index contributed by atoms with van der Waals surface area (Å²) in [6, 6.07) is 7.48. The Bertz CT molecular complexity index is 1970. The van der Waals surface area contributed by atoms with E-state index in [9.17, 15) is 18.3 Å². The quantitative estimate of drug-likeness (QED) is 0.231. The van der Waals surface area contributed by atoms with Crippen molar-refractivity contribution in [2.45, 2.75) is 124 Å². The Morgan fingerprint density at radius 2 is 1.55 bits per heavy atom. The molecule has 56 heavy (non-hydrogen) atoms. The van der Waals surface area contributed by atoms with Gasteiger partial charge in [-0.2, -0.15) is 0 Å². The summed E-state index contributed by atoms with van der Waals surface area (Å²) >= 11 is 0. The van der Waals surface area contributed by atoms with E-state index in [4.69, 9.17) is 13.2 Å². The molecule has 0 saturated heterocycles. The molecule has 1 aromatic rings. The zero-order valence-electron chi connectivity index (χ0n) is 35.2. The Kier molecular flexibility index (Phi) is 10.4. The minimum Gasteiger partial charge on any atom is -0.478 e. The Balaban J connectivity index is 1.25. The normalized spacial score (nSPS) is 41.1. The van der Waals surface area contributed by atoms with Gasteiger partial charge in [-0.1, -0.05) is 87.9 Å². The maximum atomic E-state index is 12.2. The van der Waals surface area contributed by atoms with Crippen LogP contribution in [0.2, 0.25) is 0 Å². The average Bonchev–Trinajstić information content (AvgIpc) is 3.50. The molecule has 4 fully saturated rings. The van der Waals surface area contributed by atoms with E-state index in [0.717, 1.165) is 82.7 Å². The number of allylic oxidation sites excluding steroid dienone is 6. The van der Waals surface area contributed by atoms with E-state index in [1.54, 1.807) is 12.1 Å². The van der Waals surface area contributed by atoms with E-state index in [1.807, 2.05) is 12.1 Å². The molecule has 7 rings (SSSR count). The summed E-state index contributed by atoms with van der Waals surface area (Å²) in [6.07, 6.45) is 24.9. The SMILES string of the molecule is C=CC12[C@H](C(=C)C)CCC1(NCCC1=CCCS(=O)(=O)CCC1)CCC1[C@@H]2CC[C@]2(C=C)[C@@]3(C)CC=C(c4ccc(C(=O)O)cc4)C(C)(C)[C@]3(C=C)CC[C@@]12C. The van der Waals surface area contributed by atoms with Gasteiger partial charge in [0.15, 0.2) is 9.84 Å². The molecule has 0 spiro atoms. The van der Waals surface area contributed by atoms with Gasteiger partial charge in [0.2, 0.25) is 0 Å². The van der Waals surface area contributed by atoms with Crippen molar-refractivity contribution in [3.8, 4) is 0 Å². The summed E-state index contributed by atoms with van der Waals surface area (Å²) in [4.78, 5) is 11.7. The second kappa shape index (κ2) is 14.1. The molecule has 6 aliphatic rings. The van der Waals surface area contributed by atoms with Crippen LogP contribution in [0.3, 0.4) is 0 Å². The summed E-state index contributed by atoms with van der Waals surface area (Å²) in [7, 11) is -2.92. The minimum atomic E-state index is -2.92. The van der Waals surface area contributed by atoms with Crippen molar-refractivity contribution >= 4 is 21.4 Å². The van der Waals surface area contributed by atoms with E-state index in [2.05, 4.69) is 83.5 Å². The summed E-state index contributed by atoms with van der Waals surface area (Å²) in [5, 5.41) is 13.9. The molecule has 9 atom stereocenters. The van der Waals surface area contributed by atoms with Crippen LogP contribution in [0.4, 0.5) is 0 Å². The second-order valence-electron chi connectivity index (χ2n) is 20.0. The highest BCUT2D eigenvalue weighted by Crippen LogP contribution is 2.83. The Morgan fingerprint density at radius 3 is 2.20 bits per heavy atom. The predicted octanol–water partition coefficient (Wildman–Crippen LogP) is 11.6. The molecular formula is C50H69NO4S. The number of benzene rings is 1. The standard InChI is InChI=1S/C50H69NO4S/c1-10-47-31-30-45(8)41-24-29-49(51-32-25-36-15-13-33-56(54,55)34-14-16-36)28-23-39(35(4)5)50(49,12-3)42(41)22-27-48(45,11-2)46(47,9)26-21-40(44(47,6)7)37-17-19-38(20-18-37)43(52)53/h10-12,15,17-21,39,41-42,51H,1-4,13-14,16,22-34H2,5-9H3,(H,52,53)/t39-,41?,42-,45-,46-,47-,48-,49?,50?/m0/s1. The number of sulfone groups is 1. The number of rotatable bonds is 10. The van der Waals surface area contributed by atoms with Crippen LogP contribution < -0.4 is 5.32 Å². The zero-order valence-corrected chi connectivity index (χ0v) is 36.0. The van der Waals surface area contributed by atoms with Crippen molar-refractivity contribution in [1.29, 1.82) is 0 Å². The number of nitrogens with one attached hydrogen (secondary N) is 1. The number of hydrogen-bond acceptors (Lipinski definition) is 4. The Morgan fingerprint density at radius 1 is 0.875 bits per heavy atom. The van der Waals surface area contributed by atoms with Crippen LogP contribution in [0.25, 0.3) is 5.57 Å². The summed E-state index contributed by atoms with van der Waals surface area (Å²) in [5.74, 6) is 1.04. The lowest BCUT2D eigenvalue weighted by atomic mass is 9.26. The van der Waals surface area contributed by atoms with Gasteiger partial charge in [-0.25, -0.2) is 13.2 Å². The maximum Gasteiger partial charge on any atom is 0.335 e. The number of aromatic carboxylic acids is 1. The number of carboxylic acids is 1. The molecule has 304 valence electrons. The van der Waals surface area contributed by atoms with Crippen LogP contribution in [-0.2, 0) is 9.84 Å².